The van der Waals surface area contributed by atoms with Crippen molar-refractivity contribution in [1.82, 2.24) is 14.7 Å². The summed E-state index contributed by atoms with van der Waals surface area (Å²) in [6.45, 7) is 5.79. The van der Waals surface area contributed by atoms with Crippen LogP contribution < -0.4 is 5.73 Å². The molecule has 0 saturated carbocycles. The van der Waals surface area contributed by atoms with Gasteiger partial charge in [-0.15, -0.1) is 0 Å². The van der Waals surface area contributed by atoms with Gasteiger partial charge in [0.1, 0.15) is 12.6 Å². The zero-order valence-corrected chi connectivity index (χ0v) is 20.4. The fourth-order valence-electron chi connectivity index (χ4n) is 3.48. The molecule has 1 saturated heterocycles. The fourth-order valence-corrected chi connectivity index (χ4v) is 3.48. The second-order valence-electron chi connectivity index (χ2n) is 7.24. The molecule has 0 aromatic heterocycles. The van der Waals surface area contributed by atoms with Gasteiger partial charge in [0.15, 0.2) is 0 Å². The zero-order valence-electron chi connectivity index (χ0n) is 20.4. The van der Waals surface area contributed by atoms with Crippen molar-refractivity contribution in [3.63, 3.8) is 0 Å². The number of aliphatic hydroxyl groups excluding tert-OH is 2. The summed E-state index contributed by atoms with van der Waals surface area (Å²) in [5, 5.41) is 23.4. The summed E-state index contributed by atoms with van der Waals surface area (Å²) in [5.74, 6) is -0.868. The van der Waals surface area contributed by atoms with Crippen molar-refractivity contribution in [1.29, 1.82) is 0 Å². The van der Waals surface area contributed by atoms with E-state index in [-0.39, 0.29) is 19.0 Å². The molecular weight excluding hydrogens is 444 g/mol. The molecule has 1 aromatic rings. The summed E-state index contributed by atoms with van der Waals surface area (Å²) in [7, 11) is 2.00. The molecule has 0 spiro atoms. The first-order valence-electron chi connectivity index (χ1n) is 10.8. The van der Waals surface area contributed by atoms with Gasteiger partial charge in [-0.1, -0.05) is 29.8 Å². The molecule has 0 radical (unpaired) electrons. The Labute approximate surface area is 201 Å². The highest BCUT2D eigenvalue weighted by molar-refractivity contribution is 5.69. The number of primary amides is 1. The standard InChI is InChI=1S/C20H29N3O4.CH3NO.2CH4O/c1-17-2-4-18(5-3-17)14-19-15-22(11-13-25)7-6-21(10-12-24)8-9-23(19)16-20(26)27;2-1-3;2*1-2/h2-5,12-13,19H,6-11,14-16H2,1H3,(H,26,27);1H,(H2,2,3);2*2H,1H3. The minimum absolute atomic E-state index is 0.0139. The summed E-state index contributed by atoms with van der Waals surface area (Å²) in [4.78, 5) is 48.1. The average molecular weight is 485 g/mol. The van der Waals surface area contributed by atoms with E-state index in [1.807, 2.05) is 21.6 Å². The van der Waals surface area contributed by atoms with E-state index in [1.54, 1.807) is 0 Å². The van der Waals surface area contributed by atoms with Crippen LogP contribution in [0.4, 0.5) is 0 Å². The normalized spacial score (nSPS) is 16.9. The molecule has 1 unspecified atom stereocenters. The molecule has 1 aromatic carbocycles. The van der Waals surface area contributed by atoms with E-state index in [4.69, 9.17) is 15.0 Å². The Morgan fingerprint density at radius 1 is 0.941 bits per heavy atom. The molecule has 11 heteroatoms. The average Bonchev–Trinajstić information content (AvgIpc) is 2.90. The number of hydrogen-bond donors (Lipinski definition) is 4. The number of nitrogens with two attached hydrogens (primary N) is 1. The highest BCUT2D eigenvalue weighted by Gasteiger charge is 2.26. The van der Waals surface area contributed by atoms with Gasteiger partial charge in [0.05, 0.1) is 19.6 Å². The lowest BCUT2D eigenvalue weighted by Gasteiger charge is -2.33. The molecule has 11 nitrogen and oxygen atoms in total. The highest BCUT2D eigenvalue weighted by Crippen LogP contribution is 2.14. The van der Waals surface area contributed by atoms with Gasteiger partial charge in [0.2, 0.25) is 6.41 Å². The molecule has 1 atom stereocenters. The maximum atomic E-state index is 11.4. The lowest BCUT2D eigenvalue weighted by atomic mass is 10.0. The maximum absolute atomic E-state index is 11.4. The van der Waals surface area contributed by atoms with Crippen molar-refractivity contribution < 1.29 is 34.5 Å². The first kappa shape index (κ1) is 33.5. The van der Waals surface area contributed by atoms with Crippen molar-refractivity contribution in [3.8, 4) is 0 Å². The zero-order chi connectivity index (χ0) is 26.4. The summed E-state index contributed by atoms with van der Waals surface area (Å²) in [6, 6.07) is 8.25. The summed E-state index contributed by atoms with van der Waals surface area (Å²) < 4.78 is 0. The number of aldehydes is 2. The predicted molar refractivity (Wildman–Crippen MR) is 129 cm³/mol. The molecular formula is C23H40N4O7. The van der Waals surface area contributed by atoms with Crippen LogP contribution in [0.1, 0.15) is 11.1 Å². The highest BCUT2D eigenvalue weighted by atomic mass is 16.4. The predicted octanol–water partition coefficient (Wildman–Crippen LogP) is -1.37. The lowest BCUT2D eigenvalue weighted by Crippen LogP contribution is -2.48. The largest absolute Gasteiger partial charge is 0.480 e. The lowest BCUT2D eigenvalue weighted by molar-refractivity contribution is -0.139. The van der Waals surface area contributed by atoms with Crippen molar-refractivity contribution in [2.45, 2.75) is 19.4 Å². The number of carboxylic acid groups (broad SMARTS) is 1. The molecule has 1 fully saturated rings. The third kappa shape index (κ3) is 15.2. The van der Waals surface area contributed by atoms with Crippen LogP contribution in [0.25, 0.3) is 0 Å². The van der Waals surface area contributed by atoms with E-state index in [9.17, 15) is 19.5 Å². The van der Waals surface area contributed by atoms with Gasteiger partial charge in [0, 0.05) is 53.0 Å². The van der Waals surface area contributed by atoms with Crippen LogP contribution in [-0.2, 0) is 25.6 Å². The summed E-state index contributed by atoms with van der Waals surface area (Å²) in [6.07, 6.45) is 2.72. The molecule has 0 aliphatic carbocycles. The number of rotatable bonds is 8. The Bertz CT molecular complexity index is 674. The topological polar surface area (TPSA) is 165 Å². The van der Waals surface area contributed by atoms with Crippen molar-refractivity contribution in [2.75, 3.05) is 66.6 Å². The maximum Gasteiger partial charge on any atom is 0.317 e. The first-order chi connectivity index (χ1) is 16.4. The van der Waals surface area contributed by atoms with Crippen LogP contribution in [0.2, 0.25) is 0 Å². The van der Waals surface area contributed by atoms with E-state index in [0.29, 0.717) is 45.8 Å². The number of aliphatic hydroxyl groups is 2. The Morgan fingerprint density at radius 3 is 1.91 bits per heavy atom. The number of hydrogen-bond acceptors (Lipinski definition) is 9. The van der Waals surface area contributed by atoms with E-state index >= 15 is 0 Å². The molecule has 0 bridgehead atoms. The number of nitrogens with zero attached hydrogens (tertiary/aromatic N) is 3. The summed E-state index contributed by atoms with van der Waals surface area (Å²) >= 11 is 0. The molecule has 1 heterocycles. The third-order valence-electron chi connectivity index (χ3n) is 5.02. The van der Waals surface area contributed by atoms with Gasteiger partial charge in [-0.05, 0) is 18.9 Å². The minimum atomic E-state index is -0.868. The minimum Gasteiger partial charge on any atom is -0.480 e. The van der Waals surface area contributed by atoms with Crippen molar-refractivity contribution in [3.05, 3.63) is 35.4 Å². The third-order valence-corrected chi connectivity index (χ3v) is 5.02. The number of benzene rings is 1. The van der Waals surface area contributed by atoms with Crippen LogP contribution in [0.15, 0.2) is 24.3 Å². The van der Waals surface area contributed by atoms with Gasteiger partial charge in [-0.3, -0.25) is 24.3 Å². The first-order valence-corrected chi connectivity index (χ1v) is 10.8. The Balaban J connectivity index is 0. The number of carboxylic acids is 1. The van der Waals surface area contributed by atoms with Gasteiger partial charge in [0.25, 0.3) is 0 Å². The molecule has 1 aliphatic rings. The SMILES string of the molecule is CO.CO.Cc1ccc(CC2CN(CC=O)CCN(CC=O)CCN2CC(=O)O)cc1.NC=O. The van der Waals surface area contributed by atoms with Crippen molar-refractivity contribution >= 4 is 25.0 Å². The van der Waals surface area contributed by atoms with Gasteiger partial charge >= 0.3 is 5.97 Å². The van der Waals surface area contributed by atoms with Crippen LogP contribution in [0.3, 0.4) is 0 Å². The monoisotopic (exact) mass is 484 g/mol. The Morgan fingerprint density at radius 2 is 1.41 bits per heavy atom. The van der Waals surface area contributed by atoms with Crippen LogP contribution in [-0.4, -0.2) is 128 Å². The number of aryl methyl sites for hydroxylation is 1. The van der Waals surface area contributed by atoms with Crippen LogP contribution in [0.5, 0.6) is 0 Å². The summed E-state index contributed by atoms with van der Waals surface area (Å²) in [5.41, 5.74) is 6.50. The number of carbonyl (C=O) groups is 4. The molecule has 1 amide bonds. The van der Waals surface area contributed by atoms with Crippen molar-refractivity contribution in [2.24, 2.45) is 5.73 Å². The van der Waals surface area contributed by atoms with E-state index in [0.717, 1.165) is 38.8 Å². The second kappa shape index (κ2) is 22.1. The number of aliphatic carboxylic acids is 1. The molecule has 194 valence electrons. The van der Waals surface area contributed by atoms with Gasteiger partial charge in [-0.25, -0.2) is 0 Å². The number of carbonyl (C=O) groups excluding carboxylic acids is 3. The quantitative estimate of drug-likeness (QED) is 0.323. The second-order valence-corrected chi connectivity index (χ2v) is 7.24. The Hall–Kier alpha value is -2.70. The number of amides is 1. The molecule has 5 N–H and O–H groups in total. The Kier molecular flexibility index (Phi) is 21.8. The van der Waals surface area contributed by atoms with E-state index in [1.165, 1.54) is 5.56 Å². The molecule has 1 aliphatic heterocycles. The van der Waals surface area contributed by atoms with Gasteiger partial charge < -0.3 is 30.6 Å². The van der Waals surface area contributed by atoms with E-state index in [2.05, 4.69) is 30.0 Å². The molecule has 2 rings (SSSR count). The van der Waals surface area contributed by atoms with E-state index < -0.39 is 5.97 Å². The van der Waals surface area contributed by atoms with Crippen LogP contribution >= 0.6 is 0 Å². The smallest absolute Gasteiger partial charge is 0.317 e. The molecule has 34 heavy (non-hydrogen) atoms. The van der Waals surface area contributed by atoms with Gasteiger partial charge in [-0.2, -0.15) is 0 Å². The van der Waals surface area contributed by atoms with Crippen LogP contribution in [0, 0.1) is 6.92 Å². The fraction of sp³-hybridized carbons (Fsp3) is 0.565.